The summed E-state index contributed by atoms with van der Waals surface area (Å²) in [5.41, 5.74) is 2.16. The van der Waals surface area contributed by atoms with Gasteiger partial charge in [-0.1, -0.05) is 30.3 Å². The van der Waals surface area contributed by atoms with E-state index in [0.717, 1.165) is 16.6 Å². The van der Waals surface area contributed by atoms with Crippen molar-refractivity contribution in [3.8, 4) is 5.88 Å². The van der Waals surface area contributed by atoms with Gasteiger partial charge in [-0.05, 0) is 27.6 Å². The van der Waals surface area contributed by atoms with Gasteiger partial charge in [0.15, 0.2) is 0 Å². The first-order valence-corrected chi connectivity index (χ1v) is 7.02. The molecule has 0 fully saturated rings. The highest BCUT2D eigenvalue weighted by atomic mass is 79.9. The fraction of sp³-hybridized carbons (Fsp3) is 0.267. The molecule has 0 saturated heterocycles. The molecule has 0 atom stereocenters. The van der Waals surface area contributed by atoms with Gasteiger partial charge in [0.1, 0.15) is 0 Å². The van der Waals surface area contributed by atoms with Crippen LogP contribution in [-0.4, -0.2) is 23.3 Å². The van der Waals surface area contributed by atoms with Crippen molar-refractivity contribution in [3.05, 3.63) is 58.2 Å². The molecule has 0 aliphatic heterocycles. The minimum absolute atomic E-state index is 0.132. The Balaban J connectivity index is 2.09. The van der Waals surface area contributed by atoms with Gasteiger partial charge in [0.25, 0.3) is 0 Å². The molecule has 0 aliphatic carbocycles. The van der Waals surface area contributed by atoms with Crippen molar-refractivity contribution >= 4 is 15.9 Å². The molecule has 0 aliphatic rings. The van der Waals surface area contributed by atoms with Crippen LogP contribution in [0, 0.1) is 0 Å². The predicted octanol–water partition coefficient (Wildman–Crippen LogP) is 3.20. The maximum absolute atomic E-state index is 8.73. The number of halogens is 1. The van der Waals surface area contributed by atoms with E-state index in [1.54, 1.807) is 0 Å². The first-order valence-electron chi connectivity index (χ1n) is 6.22. The highest BCUT2D eigenvalue weighted by Gasteiger charge is 2.05. The Morgan fingerprint density at radius 2 is 1.89 bits per heavy atom. The third-order valence-electron chi connectivity index (χ3n) is 2.66. The maximum atomic E-state index is 8.73. The number of hydrogen-bond donors (Lipinski definition) is 1. The molecule has 1 heterocycles. The molecular formula is C15H16BrNO2. The molecule has 1 aromatic carbocycles. The van der Waals surface area contributed by atoms with E-state index in [9.17, 15) is 0 Å². The number of aliphatic hydroxyl groups is 1. The van der Waals surface area contributed by atoms with Crippen molar-refractivity contribution in [1.82, 2.24) is 4.98 Å². The largest absolute Gasteiger partial charge is 0.478 e. The standard InChI is InChI=1S/C15H16BrNO2/c16-13-7-8-15(19-10-4-9-18)17-14(13)11-12-5-2-1-3-6-12/h1-3,5-8,18H,4,9-11H2. The summed E-state index contributed by atoms with van der Waals surface area (Å²) in [5.74, 6) is 0.600. The summed E-state index contributed by atoms with van der Waals surface area (Å²) < 4.78 is 6.47. The van der Waals surface area contributed by atoms with Crippen LogP contribution < -0.4 is 4.74 Å². The summed E-state index contributed by atoms with van der Waals surface area (Å²) in [4.78, 5) is 4.49. The van der Waals surface area contributed by atoms with Crippen LogP contribution >= 0.6 is 15.9 Å². The number of hydrogen-bond acceptors (Lipinski definition) is 3. The second-order valence-corrected chi connectivity index (χ2v) is 5.02. The van der Waals surface area contributed by atoms with Gasteiger partial charge in [0.2, 0.25) is 5.88 Å². The molecule has 2 rings (SSSR count). The van der Waals surface area contributed by atoms with Gasteiger partial charge in [-0.15, -0.1) is 0 Å². The van der Waals surface area contributed by atoms with E-state index in [4.69, 9.17) is 9.84 Å². The number of benzene rings is 1. The molecule has 0 radical (unpaired) electrons. The van der Waals surface area contributed by atoms with Crippen LogP contribution in [0.3, 0.4) is 0 Å². The van der Waals surface area contributed by atoms with E-state index in [-0.39, 0.29) is 6.61 Å². The minimum Gasteiger partial charge on any atom is -0.478 e. The van der Waals surface area contributed by atoms with Gasteiger partial charge in [-0.2, -0.15) is 0 Å². The lowest BCUT2D eigenvalue weighted by molar-refractivity contribution is 0.229. The van der Waals surface area contributed by atoms with Gasteiger partial charge < -0.3 is 9.84 Å². The molecule has 0 bridgehead atoms. The van der Waals surface area contributed by atoms with Crippen LogP contribution in [0.25, 0.3) is 0 Å². The Kier molecular flexibility index (Phi) is 5.36. The van der Waals surface area contributed by atoms with Crippen molar-refractivity contribution in [2.45, 2.75) is 12.8 Å². The number of pyridine rings is 1. The third kappa shape index (κ3) is 4.33. The Bertz CT molecular complexity index is 517. The summed E-state index contributed by atoms with van der Waals surface area (Å²) in [7, 11) is 0. The Hall–Kier alpha value is -1.39. The maximum Gasteiger partial charge on any atom is 0.213 e. The van der Waals surface area contributed by atoms with Gasteiger partial charge in [0.05, 0.1) is 12.3 Å². The first-order chi connectivity index (χ1) is 9.29. The normalized spacial score (nSPS) is 10.4. The van der Waals surface area contributed by atoms with Crippen molar-refractivity contribution in [1.29, 1.82) is 0 Å². The average Bonchev–Trinajstić information content (AvgIpc) is 2.44. The second-order valence-electron chi connectivity index (χ2n) is 4.17. The van der Waals surface area contributed by atoms with E-state index in [1.165, 1.54) is 5.56 Å². The van der Waals surface area contributed by atoms with Crippen molar-refractivity contribution in [3.63, 3.8) is 0 Å². The van der Waals surface area contributed by atoms with Crippen LogP contribution in [0.1, 0.15) is 17.7 Å². The van der Waals surface area contributed by atoms with Crippen molar-refractivity contribution in [2.24, 2.45) is 0 Å². The molecule has 1 N–H and O–H groups in total. The van der Waals surface area contributed by atoms with Crippen LogP contribution in [0.5, 0.6) is 5.88 Å². The zero-order valence-electron chi connectivity index (χ0n) is 10.6. The lowest BCUT2D eigenvalue weighted by Gasteiger charge is -2.08. The SMILES string of the molecule is OCCCOc1ccc(Br)c(Cc2ccccc2)n1. The molecule has 4 heteroatoms. The zero-order valence-corrected chi connectivity index (χ0v) is 12.1. The predicted molar refractivity (Wildman–Crippen MR) is 78.4 cm³/mol. The highest BCUT2D eigenvalue weighted by Crippen LogP contribution is 2.21. The van der Waals surface area contributed by atoms with E-state index in [2.05, 4.69) is 33.0 Å². The Morgan fingerprint density at radius 1 is 1.11 bits per heavy atom. The van der Waals surface area contributed by atoms with Crippen LogP contribution in [0.4, 0.5) is 0 Å². The molecule has 0 spiro atoms. The van der Waals surface area contributed by atoms with Crippen molar-refractivity contribution in [2.75, 3.05) is 13.2 Å². The van der Waals surface area contributed by atoms with Gasteiger partial charge >= 0.3 is 0 Å². The fourth-order valence-electron chi connectivity index (χ4n) is 1.70. The fourth-order valence-corrected chi connectivity index (χ4v) is 2.06. The van der Waals surface area contributed by atoms with E-state index in [1.807, 2.05) is 30.3 Å². The van der Waals surface area contributed by atoms with Crippen molar-refractivity contribution < 1.29 is 9.84 Å². The number of rotatable bonds is 6. The van der Waals surface area contributed by atoms with Crippen LogP contribution in [0.2, 0.25) is 0 Å². The number of aliphatic hydroxyl groups excluding tert-OH is 1. The summed E-state index contributed by atoms with van der Waals surface area (Å²) in [6, 6.07) is 14.0. The number of ether oxygens (including phenoxy) is 1. The molecule has 19 heavy (non-hydrogen) atoms. The summed E-state index contributed by atoms with van der Waals surface area (Å²) >= 11 is 3.51. The molecule has 1 aromatic heterocycles. The summed E-state index contributed by atoms with van der Waals surface area (Å²) in [6.45, 7) is 0.614. The summed E-state index contributed by atoms with van der Waals surface area (Å²) in [5, 5.41) is 8.73. The van der Waals surface area contributed by atoms with Crippen LogP contribution in [-0.2, 0) is 6.42 Å². The molecule has 0 amide bonds. The number of aromatic nitrogens is 1. The first kappa shape index (κ1) is 14.0. The Morgan fingerprint density at radius 3 is 2.63 bits per heavy atom. The highest BCUT2D eigenvalue weighted by molar-refractivity contribution is 9.10. The van der Waals surface area contributed by atoms with Gasteiger partial charge in [0, 0.05) is 30.0 Å². The lowest BCUT2D eigenvalue weighted by atomic mass is 10.1. The van der Waals surface area contributed by atoms with Crippen LogP contribution in [0.15, 0.2) is 46.9 Å². The van der Waals surface area contributed by atoms with Gasteiger partial charge in [-0.3, -0.25) is 0 Å². The molecule has 0 saturated carbocycles. The number of nitrogens with zero attached hydrogens (tertiary/aromatic N) is 1. The molecule has 100 valence electrons. The lowest BCUT2D eigenvalue weighted by Crippen LogP contribution is -2.03. The topological polar surface area (TPSA) is 42.4 Å². The average molecular weight is 322 g/mol. The quantitative estimate of drug-likeness (QED) is 0.831. The third-order valence-corrected chi connectivity index (χ3v) is 3.38. The zero-order chi connectivity index (χ0) is 13.5. The van der Waals surface area contributed by atoms with Gasteiger partial charge in [-0.25, -0.2) is 4.98 Å². The second kappa shape index (κ2) is 7.26. The Labute approximate surface area is 121 Å². The van der Waals surface area contributed by atoms with E-state index >= 15 is 0 Å². The molecule has 3 nitrogen and oxygen atoms in total. The minimum atomic E-state index is 0.132. The smallest absolute Gasteiger partial charge is 0.213 e. The molecule has 0 unspecified atom stereocenters. The summed E-state index contributed by atoms with van der Waals surface area (Å²) in [6.07, 6.45) is 1.38. The van der Waals surface area contributed by atoms with E-state index in [0.29, 0.717) is 18.9 Å². The monoisotopic (exact) mass is 321 g/mol. The molecule has 2 aromatic rings. The van der Waals surface area contributed by atoms with E-state index < -0.39 is 0 Å². The molecular weight excluding hydrogens is 306 g/mol.